The van der Waals surface area contributed by atoms with E-state index in [4.69, 9.17) is 0 Å². The molecule has 0 aliphatic rings. The highest BCUT2D eigenvalue weighted by molar-refractivity contribution is 5.80. The number of nitrogens with zero attached hydrogens (tertiary/aromatic N) is 2. The molecular formula is C12H19N3O2. The standard InChI is InChI=1S/C12H19N3O2/c1-4-11(16)10-6-5-9(7-14-10)15(3)8-12(17)13-2/h5-7,11,16H,4,8H2,1-3H3,(H,13,17)/t11-/m1/s1. The minimum atomic E-state index is -0.520. The highest BCUT2D eigenvalue weighted by Gasteiger charge is 2.09. The van der Waals surface area contributed by atoms with Crippen molar-refractivity contribution in [3.63, 3.8) is 0 Å². The zero-order valence-electron chi connectivity index (χ0n) is 10.5. The fraction of sp³-hybridized carbons (Fsp3) is 0.500. The van der Waals surface area contributed by atoms with E-state index in [1.165, 1.54) is 0 Å². The highest BCUT2D eigenvalue weighted by atomic mass is 16.3. The smallest absolute Gasteiger partial charge is 0.239 e. The predicted octanol–water partition coefficient (Wildman–Crippen LogP) is 0.707. The number of amides is 1. The first-order valence-electron chi connectivity index (χ1n) is 5.64. The molecule has 17 heavy (non-hydrogen) atoms. The lowest BCUT2D eigenvalue weighted by atomic mass is 10.2. The molecule has 94 valence electrons. The number of likely N-dealkylation sites (N-methyl/N-ethyl adjacent to an activating group) is 2. The van der Waals surface area contributed by atoms with Gasteiger partial charge in [-0.1, -0.05) is 6.92 Å². The summed E-state index contributed by atoms with van der Waals surface area (Å²) in [7, 11) is 3.43. The van der Waals surface area contributed by atoms with Crippen molar-refractivity contribution in [2.24, 2.45) is 0 Å². The Kier molecular flexibility index (Phi) is 4.90. The van der Waals surface area contributed by atoms with Gasteiger partial charge in [0.2, 0.25) is 5.91 Å². The van der Waals surface area contributed by atoms with Gasteiger partial charge in [0.15, 0.2) is 0 Å². The molecule has 1 atom stereocenters. The molecule has 0 fully saturated rings. The van der Waals surface area contributed by atoms with Crippen molar-refractivity contribution in [1.82, 2.24) is 10.3 Å². The van der Waals surface area contributed by atoms with Gasteiger partial charge in [-0.05, 0) is 18.6 Å². The van der Waals surface area contributed by atoms with Crippen LogP contribution in [0, 0.1) is 0 Å². The summed E-state index contributed by atoms with van der Waals surface area (Å²) in [5.41, 5.74) is 1.50. The predicted molar refractivity (Wildman–Crippen MR) is 66.8 cm³/mol. The maximum atomic E-state index is 11.2. The van der Waals surface area contributed by atoms with Crippen molar-refractivity contribution in [1.29, 1.82) is 0 Å². The Bertz CT molecular complexity index is 365. The Labute approximate surface area is 101 Å². The van der Waals surface area contributed by atoms with Crippen molar-refractivity contribution < 1.29 is 9.90 Å². The molecule has 0 saturated heterocycles. The summed E-state index contributed by atoms with van der Waals surface area (Å²) in [6, 6.07) is 3.63. The first-order chi connectivity index (χ1) is 8.08. The molecule has 1 aromatic rings. The molecule has 0 bridgehead atoms. The van der Waals surface area contributed by atoms with E-state index < -0.39 is 6.10 Å². The van der Waals surface area contributed by atoms with Gasteiger partial charge in [0, 0.05) is 14.1 Å². The summed E-state index contributed by atoms with van der Waals surface area (Å²) in [6.07, 6.45) is 1.78. The maximum absolute atomic E-state index is 11.2. The van der Waals surface area contributed by atoms with Gasteiger partial charge in [0.1, 0.15) is 0 Å². The molecule has 0 radical (unpaired) electrons. The zero-order valence-corrected chi connectivity index (χ0v) is 10.5. The van der Waals surface area contributed by atoms with Crippen LogP contribution in [-0.4, -0.2) is 36.6 Å². The molecular weight excluding hydrogens is 218 g/mol. The third-order valence-corrected chi connectivity index (χ3v) is 2.60. The monoisotopic (exact) mass is 237 g/mol. The molecule has 0 aliphatic carbocycles. The van der Waals surface area contributed by atoms with E-state index in [0.717, 1.165) is 5.69 Å². The highest BCUT2D eigenvalue weighted by Crippen LogP contribution is 2.17. The average Bonchev–Trinajstić information content (AvgIpc) is 2.37. The molecule has 1 aromatic heterocycles. The largest absolute Gasteiger partial charge is 0.387 e. The third-order valence-electron chi connectivity index (χ3n) is 2.60. The molecule has 5 heteroatoms. The minimum Gasteiger partial charge on any atom is -0.387 e. The Balaban J connectivity index is 2.70. The summed E-state index contributed by atoms with van der Waals surface area (Å²) in [5.74, 6) is -0.0508. The van der Waals surface area contributed by atoms with Crippen LogP contribution in [0.15, 0.2) is 18.3 Å². The Morgan fingerprint density at radius 1 is 1.59 bits per heavy atom. The average molecular weight is 237 g/mol. The molecule has 0 aromatic carbocycles. The van der Waals surface area contributed by atoms with Crippen LogP contribution in [-0.2, 0) is 4.79 Å². The van der Waals surface area contributed by atoms with Crippen molar-refractivity contribution in [3.8, 4) is 0 Å². The minimum absolute atomic E-state index is 0.0508. The number of carbonyl (C=O) groups is 1. The van der Waals surface area contributed by atoms with Crippen LogP contribution in [0.3, 0.4) is 0 Å². The number of anilines is 1. The maximum Gasteiger partial charge on any atom is 0.239 e. The van der Waals surface area contributed by atoms with Crippen molar-refractivity contribution in [2.45, 2.75) is 19.4 Å². The Morgan fingerprint density at radius 3 is 2.76 bits per heavy atom. The molecule has 0 spiro atoms. The molecule has 1 heterocycles. The second-order valence-corrected chi connectivity index (χ2v) is 3.89. The topological polar surface area (TPSA) is 65.5 Å². The van der Waals surface area contributed by atoms with Gasteiger partial charge >= 0.3 is 0 Å². The van der Waals surface area contributed by atoms with Gasteiger partial charge in [0.25, 0.3) is 0 Å². The quantitative estimate of drug-likeness (QED) is 0.791. The molecule has 0 saturated carbocycles. The van der Waals surface area contributed by atoms with Gasteiger partial charge in [-0.2, -0.15) is 0 Å². The Morgan fingerprint density at radius 2 is 2.29 bits per heavy atom. The van der Waals surface area contributed by atoms with Crippen LogP contribution < -0.4 is 10.2 Å². The van der Waals surface area contributed by atoms with E-state index in [-0.39, 0.29) is 12.5 Å². The number of pyridine rings is 1. The third kappa shape index (κ3) is 3.71. The summed E-state index contributed by atoms with van der Waals surface area (Å²) >= 11 is 0. The number of nitrogens with one attached hydrogen (secondary N) is 1. The number of rotatable bonds is 5. The lowest BCUT2D eigenvalue weighted by Gasteiger charge is -2.18. The number of hydrogen-bond donors (Lipinski definition) is 2. The molecule has 0 aliphatic heterocycles. The van der Waals surface area contributed by atoms with E-state index in [0.29, 0.717) is 12.1 Å². The number of aliphatic hydroxyl groups excluding tert-OH is 1. The lowest BCUT2D eigenvalue weighted by Crippen LogP contribution is -2.32. The fourth-order valence-electron chi connectivity index (χ4n) is 1.42. The second kappa shape index (κ2) is 6.20. The molecule has 1 amide bonds. The van der Waals surface area contributed by atoms with Crippen LogP contribution in [0.2, 0.25) is 0 Å². The number of carbonyl (C=O) groups excluding carboxylic acids is 1. The number of hydrogen-bond acceptors (Lipinski definition) is 4. The summed E-state index contributed by atoms with van der Waals surface area (Å²) < 4.78 is 0. The van der Waals surface area contributed by atoms with Crippen LogP contribution >= 0.6 is 0 Å². The van der Waals surface area contributed by atoms with E-state index in [9.17, 15) is 9.90 Å². The molecule has 5 nitrogen and oxygen atoms in total. The molecule has 2 N–H and O–H groups in total. The van der Waals surface area contributed by atoms with Crippen molar-refractivity contribution in [2.75, 3.05) is 25.5 Å². The SMILES string of the molecule is CC[C@@H](O)c1ccc(N(C)CC(=O)NC)cn1. The summed E-state index contributed by atoms with van der Waals surface area (Å²) in [6.45, 7) is 2.19. The number of aromatic nitrogens is 1. The van der Waals surface area contributed by atoms with Crippen LogP contribution in [0.25, 0.3) is 0 Å². The zero-order chi connectivity index (χ0) is 12.8. The van der Waals surface area contributed by atoms with Crippen LogP contribution in [0.1, 0.15) is 25.1 Å². The molecule has 1 rings (SSSR count). The molecule has 0 unspecified atom stereocenters. The van der Waals surface area contributed by atoms with Gasteiger partial charge in [-0.3, -0.25) is 9.78 Å². The first kappa shape index (κ1) is 13.4. The van der Waals surface area contributed by atoms with Crippen LogP contribution in [0.5, 0.6) is 0 Å². The summed E-state index contributed by atoms with van der Waals surface area (Å²) in [4.78, 5) is 17.2. The van der Waals surface area contributed by atoms with Gasteiger partial charge in [-0.25, -0.2) is 0 Å². The fourth-order valence-corrected chi connectivity index (χ4v) is 1.42. The second-order valence-electron chi connectivity index (χ2n) is 3.89. The summed E-state index contributed by atoms with van der Waals surface area (Å²) in [5, 5.41) is 12.2. The van der Waals surface area contributed by atoms with E-state index >= 15 is 0 Å². The van der Waals surface area contributed by atoms with E-state index in [2.05, 4.69) is 10.3 Å². The van der Waals surface area contributed by atoms with Gasteiger partial charge < -0.3 is 15.3 Å². The normalized spacial score (nSPS) is 12.0. The van der Waals surface area contributed by atoms with Crippen LogP contribution in [0.4, 0.5) is 5.69 Å². The number of aliphatic hydroxyl groups is 1. The van der Waals surface area contributed by atoms with E-state index in [1.807, 2.05) is 20.0 Å². The van der Waals surface area contributed by atoms with Gasteiger partial charge in [-0.15, -0.1) is 0 Å². The van der Waals surface area contributed by atoms with E-state index in [1.54, 1.807) is 24.2 Å². The Hall–Kier alpha value is -1.62. The lowest BCUT2D eigenvalue weighted by molar-refractivity contribution is -0.119. The van der Waals surface area contributed by atoms with Crippen molar-refractivity contribution >= 4 is 11.6 Å². The van der Waals surface area contributed by atoms with Crippen molar-refractivity contribution in [3.05, 3.63) is 24.0 Å². The first-order valence-corrected chi connectivity index (χ1v) is 5.64. The van der Waals surface area contributed by atoms with Gasteiger partial charge in [0.05, 0.1) is 30.2 Å².